The van der Waals surface area contributed by atoms with Gasteiger partial charge in [-0.25, -0.2) is 0 Å². The Morgan fingerprint density at radius 2 is 2.07 bits per heavy atom. The maximum absolute atomic E-state index is 11.8. The van der Waals surface area contributed by atoms with Gasteiger partial charge in [-0.3, -0.25) is 4.79 Å². The first-order chi connectivity index (χ1) is 7.12. The lowest BCUT2D eigenvalue weighted by molar-refractivity contribution is -0.118. The van der Waals surface area contributed by atoms with Crippen LogP contribution in [0.3, 0.4) is 0 Å². The van der Waals surface area contributed by atoms with E-state index in [1.54, 1.807) is 13.2 Å². The molecule has 82 valence electrons. The van der Waals surface area contributed by atoms with Crippen molar-refractivity contribution < 1.29 is 9.90 Å². The smallest absolute Gasteiger partial charge is 0.242 e. The first-order valence-electron chi connectivity index (χ1n) is 4.65. The molecule has 0 spiro atoms. The van der Waals surface area contributed by atoms with E-state index in [1.165, 1.54) is 11.8 Å². The number of thioether (sulfide) groups is 1. The summed E-state index contributed by atoms with van der Waals surface area (Å²) >= 11 is 1.34. The van der Waals surface area contributed by atoms with Crippen LogP contribution in [0.15, 0.2) is 30.3 Å². The van der Waals surface area contributed by atoms with Gasteiger partial charge in [0.15, 0.2) is 0 Å². The van der Waals surface area contributed by atoms with Crippen molar-refractivity contribution in [3.05, 3.63) is 30.3 Å². The summed E-state index contributed by atoms with van der Waals surface area (Å²) in [5.41, 5.74) is 0.747. The van der Waals surface area contributed by atoms with Gasteiger partial charge < -0.3 is 10.4 Å². The molecule has 1 atom stereocenters. The van der Waals surface area contributed by atoms with Crippen LogP contribution in [0, 0.1) is 0 Å². The zero-order valence-electron chi connectivity index (χ0n) is 8.86. The quantitative estimate of drug-likeness (QED) is 0.820. The summed E-state index contributed by atoms with van der Waals surface area (Å²) in [6.07, 6.45) is 1.81. The van der Waals surface area contributed by atoms with Gasteiger partial charge in [0.1, 0.15) is 4.75 Å². The number of para-hydroxylation sites is 1. The van der Waals surface area contributed by atoms with E-state index >= 15 is 0 Å². The predicted octanol–water partition coefficient (Wildman–Crippen LogP) is 1.74. The van der Waals surface area contributed by atoms with E-state index in [2.05, 4.69) is 5.32 Å². The number of hydrogen-bond donors (Lipinski definition) is 2. The normalized spacial score (nSPS) is 14.3. The van der Waals surface area contributed by atoms with Crippen LogP contribution in [0.25, 0.3) is 0 Å². The molecule has 0 aliphatic carbocycles. The van der Waals surface area contributed by atoms with Crippen molar-refractivity contribution in [2.75, 3.05) is 18.2 Å². The van der Waals surface area contributed by atoms with Gasteiger partial charge in [0.25, 0.3) is 0 Å². The molecule has 0 aliphatic heterocycles. The molecule has 0 radical (unpaired) electrons. The zero-order valence-corrected chi connectivity index (χ0v) is 9.67. The summed E-state index contributed by atoms with van der Waals surface area (Å²) in [7, 11) is 0. The van der Waals surface area contributed by atoms with Crippen molar-refractivity contribution in [1.82, 2.24) is 0 Å². The Labute approximate surface area is 93.9 Å². The van der Waals surface area contributed by atoms with E-state index in [0.29, 0.717) is 0 Å². The predicted molar refractivity (Wildman–Crippen MR) is 64.1 cm³/mol. The summed E-state index contributed by atoms with van der Waals surface area (Å²) in [6.45, 7) is 1.54. The highest BCUT2D eigenvalue weighted by atomic mass is 32.2. The van der Waals surface area contributed by atoms with Crippen molar-refractivity contribution >= 4 is 23.4 Å². The molecule has 0 aromatic heterocycles. The van der Waals surface area contributed by atoms with Gasteiger partial charge in [-0.1, -0.05) is 18.2 Å². The second-order valence-corrected chi connectivity index (χ2v) is 4.72. The third-order valence-electron chi connectivity index (χ3n) is 2.26. The minimum Gasteiger partial charge on any atom is -0.394 e. The number of anilines is 1. The third kappa shape index (κ3) is 2.97. The maximum atomic E-state index is 11.8. The van der Waals surface area contributed by atoms with Crippen molar-refractivity contribution in [3.8, 4) is 0 Å². The lowest BCUT2D eigenvalue weighted by atomic mass is 10.1. The standard InChI is InChI=1S/C11H15NO2S/c1-11(8-13,15-2)10(14)12-9-6-4-3-5-7-9/h3-7,13H,8H2,1-2H3,(H,12,14). The number of carbonyl (C=O) groups is 1. The monoisotopic (exact) mass is 225 g/mol. The largest absolute Gasteiger partial charge is 0.394 e. The van der Waals surface area contributed by atoms with E-state index in [0.717, 1.165) is 5.69 Å². The number of aliphatic hydroxyl groups excluding tert-OH is 1. The Morgan fingerprint density at radius 1 is 1.47 bits per heavy atom. The molecular formula is C11H15NO2S. The third-order valence-corrected chi connectivity index (χ3v) is 3.48. The van der Waals surface area contributed by atoms with E-state index in [9.17, 15) is 4.79 Å². The van der Waals surface area contributed by atoms with Crippen molar-refractivity contribution in [2.24, 2.45) is 0 Å². The number of hydrogen-bond acceptors (Lipinski definition) is 3. The highest BCUT2D eigenvalue weighted by molar-refractivity contribution is 8.00. The minimum atomic E-state index is -0.782. The zero-order chi connectivity index (χ0) is 11.3. The summed E-state index contributed by atoms with van der Waals surface area (Å²) in [4.78, 5) is 11.8. The molecule has 2 N–H and O–H groups in total. The molecule has 1 aromatic carbocycles. The Bertz CT molecular complexity index is 323. The molecule has 0 aliphatic rings. The Kier molecular flexibility index (Phi) is 4.17. The molecule has 15 heavy (non-hydrogen) atoms. The van der Waals surface area contributed by atoms with Gasteiger partial charge in [0, 0.05) is 5.69 Å². The fourth-order valence-corrected chi connectivity index (χ4v) is 1.38. The van der Waals surface area contributed by atoms with Gasteiger partial charge in [0.05, 0.1) is 6.61 Å². The van der Waals surface area contributed by atoms with E-state index in [4.69, 9.17) is 5.11 Å². The van der Waals surface area contributed by atoms with Gasteiger partial charge in [-0.2, -0.15) is 0 Å². The number of benzene rings is 1. The first kappa shape index (κ1) is 12.1. The molecule has 1 unspecified atom stereocenters. The fourth-order valence-electron chi connectivity index (χ4n) is 1.01. The summed E-state index contributed by atoms with van der Waals surface area (Å²) in [5.74, 6) is -0.177. The molecule has 0 saturated carbocycles. The van der Waals surface area contributed by atoms with Gasteiger partial charge in [-0.05, 0) is 25.3 Å². The van der Waals surface area contributed by atoms with Crippen LogP contribution in [-0.4, -0.2) is 28.6 Å². The number of rotatable bonds is 4. The summed E-state index contributed by atoms with van der Waals surface area (Å²) in [5, 5.41) is 11.9. The highest BCUT2D eigenvalue weighted by Gasteiger charge is 2.31. The van der Waals surface area contributed by atoms with Crippen LogP contribution in [0.2, 0.25) is 0 Å². The van der Waals surface area contributed by atoms with Crippen LogP contribution < -0.4 is 5.32 Å². The molecule has 1 amide bonds. The van der Waals surface area contributed by atoms with Gasteiger partial charge in [0.2, 0.25) is 5.91 Å². The van der Waals surface area contributed by atoms with Crippen LogP contribution in [0.1, 0.15) is 6.92 Å². The second kappa shape index (κ2) is 5.19. The lowest BCUT2D eigenvalue weighted by Gasteiger charge is -2.23. The van der Waals surface area contributed by atoms with Crippen molar-refractivity contribution in [2.45, 2.75) is 11.7 Å². The van der Waals surface area contributed by atoms with Crippen LogP contribution >= 0.6 is 11.8 Å². The Morgan fingerprint density at radius 3 is 2.53 bits per heavy atom. The van der Waals surface area contributed by atoms with Crippen molar-refractivity contribution in [1.29, 1.82) is 0 Å². The van der Waals surface area contributed by atoms with Crippen LogP contribution in [0.4, 0.5) is 5.69 Å². The van der Waals surface area contributed by atoms with E-state index in [-0.39, 0.29) is 12.5 Å². The van der Waals surface area contributed by atoms with Gasteiger partial charge >= 0.3 is 0 Å². The minimum absolute atomic E-state index is 0.174. The van der Waals surface area contributed by atoms with Gasteiger partial charge in [-0.15, -0.1) is 11.8 Å². The molecule has 0 bridgehead atoms. The van der Waals surface area contributed by atoms with E-state index in [1.807, 2.05) is 30.3 Å². The number of nitrogens with one attached hydrogen (secondary N) is 1. The number of carbonyl (C=O) groups excluding carboxylic acids is 1. The SMILES string of the molecule is CSC(C)(CO)C(=O)Nc1ccccc1. The van der Waals surface area contributed by atoms with Crippen molar-refractivity contribution in [3.63, 3.8) is 0 Å². The molecule has 0 fully saturated rings. The number of amides is 1. The Hall–Kier alpha value is -1.00. The van der Waals surface area contributed by atoms with E-state index < -0.39 is 4.75 Å². The second-order valence-electron chi connectivity index (χ2n) is 3.41. The first-order valence-corrected chi connectivity index (χ1v) is 5.87. The summed E-state index contributed by atoms with van der Waals surface area (Å²) < 4.78 is -0.782. The molecule has 0 heterocycles. The fraction of sp³-hybridized carbons (Fsp3) is 0.364. The Balaban J connectivity index is 2.71. The summed E-state index contributed by atoms with van der Waals surface area (Å²) in [6, 6.07) is 9.22. The lowest BCUT2D eigenvalue weighted by Crippen LogP contribution is -2.40. The molecule has 1 rings (SSSR count). The molecule has 3 nitrogen and oxygen atoms in total. The topological polar surface area (TPSA) is 49.3 Å². The van der Waals surface area contributed by atoms with Crippen LogP contribution in [0.5, 0.6) is 0 Å². The molecule has 1 aromatic rings. The average molecular weight is 225 g/mol. The van der Waals surface area contributed by atoms with Crippen LogP contribution in [-0.2, 0) is 4.79 Å². The number of aliphatic hydroxyl groups is 1. The maximum Gasteiger partial charge on any atom is 0.242 e. The molecule has 0 saturated heterocycles. The molecular weight excluding hydrogens is 210 g/mol. The average Bonchev–Trinajstić information content (AvgIpc) is 2.29. The molecule has 4 heteroatoms. The highest BCUT2D eigenvalue weighted by Crippen LogP contribution is 2.23.